The minimum absolute atomic E-state index is 0.318. The number of nitrogens with zero attached hydrogens (tertiary/aromatic N) is 4. The third kappa shape index (κ3) is 3.17. The van der Waals surface area contributed by atoms with Gasteiger partial charge >= 0.3 is 0 Å². The van der Waals surface area contributed by atoms with Gasteiger partial charge in [-0.1, -0.05) is 0 Å². The first-order chi connectivity index (χ1) is 11.7. The molecule has 8 heteroatoms. The van der Waals surface area contributed by atoms with Gasteiger partial charge < -0.3 is 14.8 Å². The van der Waals surface area contributed by atoms with Gasteiger partial charge in [-0.3, -0.25) is 4.79 Å². The maximum absolute atomic E-state index is 12.4. The largest absolute Gasteiger partial charge is 0.493 e. The molecule has 2 aromatic heterocycles. The van der Waals surface area contributed by atoms with Crippen LogP contribution in [0.4, 0.5) is 5.82 Å². The van der Waals surface area contributed by atoms with Crippen LogP contribution in [-0.2, 0) is 0 Å². The second-order valence-corrected chi connectivity index (χ2v) is 4.74. The zero-order chi connectivity index (χ0) is 16.9. The second-order valence-electron chi connectivity index (χ2n) is 4.74. The number of benzene rings is 1. The van der Waals surface area contributed by atoms with E-state index in [1.807, 2.05) is 0 Å². The van der Waals surface area contributed by atoms with E-state index in [9.17, 15) is 4.79 Å². The minimum Gasteiger partial charge on any atom is -0.493 e. The molecule has 1 amide bonds. The fourth-order valence-corrected chi connectivity index (χ4v) is 2.11. The first-order valence-corrected chi connectivity index (χ1v) is 7.06. The molecular formula is C16H15N5O3. The fraction of sp³-hybridized carbons (Fsp3) is 0.125. The summed E-state index contributed by atoms with van der Waals surface area (Å²) in [4.78, 5) is 20.6. The number of ether oxygens (including phenoxy) is 2. The molecule has 0 atom stereocenters. The molecule has 0 aliphatic heterocycles. The van der Waals surface area contributed by atoms with Crippen LogP contribution >= 0.6 is 0 Å². The van der Waals surface area contributed by atoms with Gasteiger partial charge in [0.2, 0.25) is 0 Å². The predicted octanol–water partition coefficient (Wildman–Crippen LogP) is 1.93. The summed E-state index contributed by atoms with van der Waals surface area (Å²) < 4.78 is 11.9. The molecule has 0 spiro atoms. The number of hydrogen-bond donors (Lipinski definition) is 1. The lowest BCUT2D eigenvalue weighted by molar-refractivity contribution is 0.102. The van der Waals surface area contributed by atoms with Crippen LogP contribution in [-0.4, -0.2) is 39.9 Å². The number of carbonyl (C=O) groups is 1. The number of nitrogens with one attached hydrogen (secondary N) is 1. The Kier molecular flexibility index (Phi) is 4.37. The number of hydrogen-bond acceptors (Lipinski definition) is 6. The van der Waals surface area contributed by atoms with Crippen LogP contribution < -0.4 is 14.8 Å². The number of methoxy groups -OCH3 is 2. The van der Waals surface area contributed by atoms with Crippen molar-refractivity contribution in [3.05, 3.63) is 54.6 Å². The minimum atomic E-state index is -0.318. The smallest absolute Gasteiger partial charge is 0.256 e. The third-order valence-corrected chi connectivity index (χ3v) is 3.28. The topological polar surface area (TPSA) is 91.2 Å². The van der Waals surface area contributed by atoms with Crippen LogP contribution in [0.25, 0.3) is 5.82 Å². The summed E-state index contributed by atoms with van der Waals surface area (Å²) in [6, 6.07) is 8.33. The first kappa shape index (κ1) is 15.5. The first-order valence-electron chi connectivity index (χ1n) is 7.06. The van der Waals surface area contributed by atoms with Gasteiger partial charge in [0.05, 0.1) is 14.2 Å². The standard InChI is InChI=1S/C16H15N5O3/c1-23-12-5-4-11(8-13(12)24-2)16(22)20-14-9-15(18-10-17-14)21-7-3-6-19-21/h3-10H,1-2H3,(H,17,18,20,22). The number of anilines is 1. The van der Waals surface area contributed by atoms with E-state index in [4.69, 9.17) is 9.47 Å². The molecule has 0 radical (unpaired) electrons. The van der Waals surface area contributed by atoms with Crippen LogP contribution in [0, 0.1) is 0 Å². The molecule has 0 saturated carbocycles. The molecule has 8 nitrogen and oxygen atoms in total. The quantitative estimate of drug-likeness (QED) is 0.771. The molecule has 24 heavy (non-hydrogen) atoms. The molecule has 1 N–H and O–H groups in total. The summed E-state index contributed by atoms with van der Waals surface area (Å²) in [7, 11) is 3.05. The molecule has 0 bridgehead atoms. The van der Waals surface area contributed by atoms with Gasteiger partial charge in [-0.2, -0.15) is 5.10 Å². The Hall–Kier alpha value is -3.42. The predicted molar refractivity (Wildman–Crippen MR) is 86.7 cm³/mol. The van der Waals surface area contributed by atoms with E-state index >= 15 is 0 Å². The Morgan fingerprint density at radius 1 is 1.12 bits per heavy atom. The lowest BCUT2D eigenvalue weighted by Crippen LogP contribution is -2.14. The van der Waals surface area contributed by atoms with E-state index in [1.54, 1.807) is 47.4 Å². The van der Waals surface area contributed by atoms with Crippen molar-refractivity contribution in [3.63, 3.8) is 0 Å². The van der Waals surface area contributed by atoms with Gasteiger partial charge in [0.1, 0.15) is 12.1 Å². The maximum Gasteiger partial charge on any atom is 0.256 e. The third-order valence-electron chi connectivity index (χ3n) is 3.28. The highest BCUT2D eigenvalue weighted by molar-refractivity contribution is 6.04. The maximum atomic E-state index is 12.4. The molecule has 0 aliphatic rings. The van der Waals surface area contributed by atoms with E-state index in [1.165, 1.54) is 20.5 Å². The van der Waals surface area contributed by atoms with Gasteiger partial charge in [0.25, 0.3) is 5.91 Å². The molecule has 0 saturated heterocycles. The van der Waals surface area contributed by atoms with Gasteiger partial charge in [0, 0.05) is 24.0 Å². The summed E-state index contributed by atoms with van der Waals surface area (Å²) in [5.41, 5.74) is 0.423. The molecule has 1 aromatic carbocycles. The molecule has 2 heterocycles. The molecule has 0 unspecified atom stereocenters. The normalized spacial score (nSPS) is 10.2. The molecule has 122 valence electrons. The fourth-order valence-electron chi connectivity index (χ4n) is 2.11. The van der Waals surface area contributed by atoms with Crippen LogP contribution in [0.1, 0.15) is 10.4 Å². The van der Waals surface area contributed by atoms with Crippen molar-refractivity contribution in [1.82, 2.24) is 19.7 Å². The van der Waals surface area contributed by atoms with Crippen molar-refractivity contribution in [2.24, 2.45) is 0 Å². The molecule has 3 aromatic rings. The summed E-state index contributed by atoms with van der Waals surface area (Å²) in [6.45, 7) is 0. The number of amides is 1. The molecule has 0 aliphatic carbocycles. The number of aromatic nitrogens is 4. The Bertz CT molecular complexity index is 849. The van der Waals surface area contributed by atoms with Crippen molar-refractivity contribution in [1.29, 1.82) is 0 Å². The van der Waals surface area contributed by atoms with E-state index in [-0.39, 0.29) is 5.91 Å². The molecule has 3 rings (SSSR count). The Balaban J connectivity index is 1.81. The molecular weight excluding hydrogens is 310 g/mol. The number of carbonyl (C=O) groups excluding carboxylic acids is 1. The highest BCUT2D eigenvalue weighted by Gasteiger charge is 2.12. The van der Waals surface area contributed by atoms with Crippen molar-refractivity contribution >= 4 is 11.7 Å². The number of rotatable bonds is 5. The van der Waals surface area contributed by atoms with E-state index < -0.39 is 0 Å². The summed E-state index contributed by atoms with van der Waals surface area (Å²) in [5.74, 6) is 1.64. The highest BCUT2D eigenvalue weighted by atomic mass is 16.5. The van der Waals surface area contributed by atoms with E-state index in [2.05, 4.69) is 20.4 Å². The van der Waals surface area contributed by atoms with Crippen LogP contribution in [0.2, 0.25) is 0 Å². The summed E-state index contributed by atoms with van der Waals surface area (Å²) in [5, 5.41) is 6.81. The Morgan fingerprint density at radius 3 is 2.67 bits per heavy atom. The second kappa shape index (κ2) is 6.78. The van der Waals surface area contributed by atoms with Crippen molar-refractivity contribution in [3.8, 4) is 17.3 Å². The average molecular weight is 325 g/mol. The monoisotopic (exact) mass is 325 g/mol. The van der Waals surface area contributed by atoms with Crippen LogP contribution in [0.3, 0.4) is 0 Å². The summed E-state index contributed by atoms with van der Waals surface area (Å²) in [6.07, 6.45) is 4.76. The van der Waals surface area contributed by atoms with Gasteiger partial charge in [-0.05, 0) is 24.3 Å². The van der Waals surface area contributed by atoms with Crippen LogP contribution in [0.15, 0.2) is 49.1 Å². The lowest BCUT2D eigenvalue weighted by Gasteiger charge is -2.10. The molecule has 0 fully saturated rings. The van der Waals surface area contributed by atoms with Crippen LogP contribution in [0.5, 0.6) is 11.5 Å². The van der Waals surface area contributed by atoms with Crippen molar-refractivity contribution in [2.75, 3.05) is 19.5 Å². The zero-order valence-electron chi connectivity index (χ0n) is 13.1. The Labute approximate surface area is 138 Å². The average Bonchev–Trinajstić information content (AvgIpc) is 3.16. The van der Waals surface area contributed by atoms with Crippen molar-refractivity contribution in [2.45, 2.75) is 0 Å². The van der Waals surface area contributed by atoms with Gasteiger partial charge in [-0.15, -0.1) is 0 Å². The van der Waals surface area contributed by atoms with Crippen molar-refractivity contribution < 1.29 is 14.3 Å². The Morgan fingerprint density at radius 2 is 1.96 bits per heavy atom. The SMILES string of the molecule is COc1ccc(C(=O)Nc2cc(-n3cccn3)ncn2)cc1OC. The highest BCUT2D eigenvalue weighted by Crippen LogP contribution is 2.27. The van der Waals surface area contributed by atoms with E-state index in [0.717, 1.165) is 0 Å². The summed E-state index contributed by atoms with van der Waals surface area (Å²) >= 11 is 0. The van der Waals surface area contributed by atoms with E-state index in [0.29, 0.717) is 28.7 Å². The van der Waals surface area contributed by atoms with Gasteiger partial charge in [0.15, 0.2) is 17.3 Å². The zero-order valence-corrected chi connectivity index (χ0v) is 13.1. The lowest BCUT2D eigenvalue weighted by atomic mass is 10.2. The van der Waals surface area contributed by atoms with Gasteiger partial charge in [-0.25, -0.2) is 14.6 Å².